The van der Waals surface area contributed by atoms with Crippen LogP contribution in [-0.2, 0) is 6.54 Å². The molecule has 0 saturated heterocycles. The lowest BCUT2D eigenvalue weighted by Crippen LogP contribution is -2.27. The van der Waals surface area contributed by atoms with Crippen LogP contribution in [-0.4, -0.2) is 5.11 Å². The van der Waals surface area contributed by atoms with Gasteiger partial charge in [-0.05, 0) is 48.1 Å². The number of halogens is 2. The Labute approximate surface area is 121 Å². The molecular weight excluding hydrogens is 283 g/mol. The van der Waals surface area contributed by atoms with Gasteiger partial charge in [0.05, 0.1) is 0 Å². The number of anilines is 1. The summed E-state index contributed by atoms with van der Waals surface area (Å²) in [5.74, 6) is -0.303. The van der Waals surface area contributed by atoms with Crippen LogP contribution < -0.4 is 10.6 Å². The lowest BCUT2D eigenvalue weighted by molar-refractivity contribution is 0.628. The molecule has 0 spiro atoms. The van der Waals surface area contributed by atoms with E-state index >= 15 is 0 Å². The molecule has 0 fully saturated rings. The fourth-order valence-electron chi connectivity index (χ4n) is 1.57. The van der Waals surface area contributed by atoms with Crippen molar-refractivity contribution in [3.8, 4) is 0 Å². The Kier molecular flexibility index (Phi) is 4.71. The summed E-state index contributed by atoms with van der Waals surface area (Å²) in [4.78, 5) is 0. The van der Waals surface area contributed by atoms with Gasteiger partial charge >= 0.3 is 0 Å². The van der Waals surface area contributed by atoms with Gasteiger partial charge in [-0.2, -0.15) is 0 Å². The second kappa shape index (κ2) is 6.50. The summed E-state index contributed by atoms with van der Waals surface area (Å²) >= 11 is 11.0. The molecule has 0 unspecified atom stereocenters. The molecule has 0 atom stereocenters. The van der Waals surface area contributed by atoms with Crippen LogP contribution in [0, 0.1) is 5.82 Å². The molecule has 0 bridgehead atoms. The second-order valence-corrected chi connectivity index (χ2v) is 4.79. The summed E-state index contributed by atoms with van der Waals surface area (Å²) in [7, 11) is 0. The van der Waals surface area contributed by atoms with E-state index in [-0.39, 0.29) is 5.82 Å². The van der Waals surface area contributed by atoms with Gasteiger partial charge in [-0.3, -0.25) is 0 Å². The zero-order chi connectivity index (χ0) is 13.7. The number of nitrogens with one attached hydrogen (secondary N) is 2. The minimum Gasteiger partial charge on any atom is -0.358 e. The van der Waals surface area contributed by atoms with Crippen LogP contribution in [0.1, 0.15) is 5.56 Å². The fourth-order valence-corrected chi connectivity index (χ4v) is 1.97. The molecule has 5 heteroatoms. The van der Waals surface area contributed by atoms with Crippen molar-refractivity contribution in [2.24, 2.45) is 0 Å². The van der Waals surface area contributed by atoms with Crippen LogP contribution in [0.4, 0.5) is 10.1 Å². The van der Waals surface area contributed by atoms with Crippen molar-refractivity contribution in [1.29, 1.82) is 0 Å². The largest absolute Gasteiger partial charge is 0.358 e. The zero-order valence-electron chi connectivity index (χ0n) is 9.99. The number of benzene rings is 2. The minimum absolute atomic E-state index is 0.303. The maximum absolute atomic E-state index is 13.0. The second-order valence-electron chi connectivity index (χ2n) is 3.95. The van der Waals surface area contributed by atoms with E-state index in [0.29, 0.717) is 22.4 Å². The Hall–Kier alpha value is -1.65. The van der Waals surface area contributed by atoms with Crippen LogP contribution in [0.3, 0.4) is 0 Å². The predicted molar refractivity (Wildman–Crippen MR) is 80.9 cm³/mol. The average Bonchev–Trinajstić information content (AvgIpc) is 2.36. The van der Waals surface area contributed by atoms with Crippen LogP contribution in [0.25, 0.3) is 0 Å². The molecular formula is C14H12ClFN2S. The fraction of sp³-hybridized carbons (Fsp3) is 0.0714. The van der Waals surface area contributed by atoms with Gasteiger partial charge in [0.2, 0.25) is 0 Å². The van der Waals surface area contributed by atoms with E-state index in [0.717, 1.165) is 5.56 Å². The van der Waals surface area contributed by atoms with Crippen molar-refractivity contribution in [2.45, 2.75) is 6.54 Å². The molecule has 2 aromatic rings. The van der Waals surface area contributed by atoms with Crippen LogP contribution in [0.5, 0.6) is 0 Å². The van der Waals surface area contributed by atoms with Gasteiger partial charge in [0, 0.05) is 17.3 Å². The van der Waals surface area contributed by atoms with Crippen molar-refractivity contribution >= 4 is 34.6 Å². The van der Waals surface area contributed by atoms with Crippen LogP contribution in [0.15, 0.2) is 48.5 Å². The highest BCUT2D eigenvalue weighted by molar-refractivity contribution is 7.80. The Morgan fingerprint density at radius 1 is 1.16 bits per heavy atom. The van der Waals surface area contributed by atoms with E-state index in [4.69, 9.17) is 23.8 Å². The Bertz CT molecular complexity index is 589. The molecule has 2 nitrogen and oxygen atoms in total. The number of hydrogen-bond acceptors (Lipinski definition) is 1. The van der Waals surface area contributed by atoms with E-state index in [2.05, 4.69) is 10.6 Å². The lowest BCUT2D eigenvalue weighted by Gasteiger charge is -2.10. The third-order valence-corrected chi connectivity index (χ3v) is 2.91. The first-order valence-electron chi connectivity index (χ1n) is 5.68. The van der Waals surface area contributed by atoms with E-state index in [1.807, 2.05) is 24.3 Å². The highest BCUT2D eigenvalue weighted by Gasteiger charge is 1.99. The van der Waals surface area contributed by atoms with Crippen LogP contribution in [0.2, 0.25) is 5.02 Å². The first-order valence-corrected chi connectivity index (χ1v) is 6.47. The third-order valence-electron chi connectivity index (χ3n) is 2.42. The first kappa shape index (κ1) is 13.8. The Balaban J connectivity index is 1.88. The zero-order valence-corrected chi connectivity index (χ0v) is 11.6. The van der Waals surface area contributed by atoms with Crippen LogP contribution >= 0.6 is 23.8 Å². The highest BCUT2D eigenvalue weighted by atomic mass is 35.5. The van der Waals surface area contributed by atoms with Crippen molar-refractivity contribution in [2.75, 3.05) is 5.32 Å². The highest BCUT2D eigenvalue weighted by Crippen LogP contribution is 2.11. The molecule has 19 heavy (non-hydrogen) atoms. The van der Waals surface area contributed by atoms with Gasteiger partial charge in [0.1, 0.15) is 5.82 Å². The molecule has 2 rings (SSSR count). The third kappa shape index (κ3) is 4.50. The molecule has 0 aliphatic carbocycles. The number of rotatable bonds is 3. The lowest BCUT2D eigenvalue weighted by atomic mass is 10.2. The SMILES string of the molecule is Fc1cccc(NC(=S)NCc2cccc(Cl)c2)c1. The predicted octanol–water partition coefficient (Wildman–Crippen LogP) is 3.97. The van der Waals surface area contributed by atoms with E-state index < -0.39 is 0 Å². The maximum Gasteiger partial charge on any atom is 0.171 e. The number of thiocarbonyl (C=S) groups is 1. The van der Waals surface area contributed by atoms with Gasteiger partial charge in [0.25, 0.3) is 0 Å². The normalized spacial score (nSPS) is 10.0. The summed E-state index contributed by atoms with van der Waals surface area (Å²) in [6, 6.07) is 13.6. The summed E-state index contributed by atoms with van der Waals surface area (Å²) in [5, 5.41) is 7.07. The quantitative estimate of drug-likeness (QED) is 0.838. The molecule has 2 N–H and O–H groups in total. The smallest absolute Gasteiger partial charge is 0.171 e. The standard InChI is InChI=1S/C14H12ClFN2S/c15-11-4-1-3-10(7-11)9-17-14(19)18-13-6-2-5-12(16)8-13/h1-8H,9H2,(H2,17,18,19). The Morgan fingerprint density at radius 2 is 1.95 bits per heavy atom. The topological polar surface area (TPSA) is 24.1 Å². The van der Waals surface area contributed by atoms with Gasteiger partial charge in [-0.1, -0.05) is 29.8 Å². The average molecular weight is 295 g/mol. The maximum atomic E-state index is 13.0. The molecule has 0 saturated carbocycles. The summed E-state index contributed by atoms with van der Waals surface area (Å²) in [6.07, 6.45) is 0. The summed E-state index contributed by atoms with van der Waals surface area (Å²) in [5.41, 5.74) is 1.64. The van der Waals surface area contributed by atoms with Gasteiger partial charge in [0.15, 0.2) is 5.11 Å². The molecule has 98 valence electrons. The summed E-state index contributed by atoms with van der Waals surface area (Å²) < 4.78 is 13.0. The molecule has 0 amide bonds. The molecule has 0 aliphatic rings. The van der Waals surface area contributed by atoms with Crippen molar-refractivity contribution in [3.63, 3.8) is 0 Å². The van der Waals surface area contributed by atoms with Gasteiger partial charge in [-0.25, -0.2) is 4.39 Å². The molecule has 0 aromatic heterocycles. The van der Waals surface area contributed by atoms with E-state index in [1.54, 1.807) is 12.1 Å². The van der Waals surface area contributed by atoms with Crippen molar-refractivity contribution < 1.29 is 4.39 Å². The van der Waals surface area contributed by atoms with E-state index in [1.165, 1.54) is 12.1 Å². The first-order chi connectivity index (χ1) is 9.13. The molecule has 2 aromatic carbocycles. The molecule has 0 aliphatic heterocycles. The number of hydrogen-bond donors (Lipinski definition) is 2. The Morgan fingerprint density at radius 3 is 2.68 bits per heavy atom. The van der Waals surface area contributed by atoms with Crippen molar-refractivity contribution in [1.82, 2.24) is 5.32 Å². The van der Waals surface area contributed by atoms with Gasteiger partial charge < -0.3 is 10.6 Å². The van der Waals surface area contributed by atoms with Crippen molar-refractivity contribution in [3.05, 3.63) is 64.9 Å². The monoisotopic (exact) mass is 294 g/mol. The molecule has 0 heterocycles. The molecule has 0 radical (unpaired) electrons. The minimum atomic E-state index is -0.303. The van der Waals surface area contributed by atoms with Gasteiger partial charge in [-0.15, -0.1) is 0 Å². The summed E-state index contributed by atoms with van der Waals surface area (Å²) in [6.45, 7) is 0.557. The van der Waals surface area contributed by atoms with E-state index in [9.17, 15) is 4.39 Å².